The van der Waals surface area contributed by atoms with E-state index < -0.39 is 0 Å². The summed E-state index contributed by atoms with van der Waals surface area (Å²) in [5, 5.41) is 0. The fourth-order valence-electron chi connectivity index (χ4n) is 0.537. The molecule has 1 rings (SSSR count). The molecule has 0 saturated carbocycles. The van der Waals surface area contributed by atoms with Crippen molar-refractivity contribution in [1.82, 2.24) is 9.71 Å². The normalized spacial score (nSPS) is 9.18. The summed E-state index contributed by atoms with van der Waals surface area (Å²) in [7, 11) is 0. The number of aromatic nitrogens is 1. The van der Waals surface area contributed by atoms with Crippen molar-refractivity contribution in [2.24, 2.45) is 0 Å². The van der Waals surface area contributed by atoms with Gasteiger partial charge in [-0.05, 0) is 24.1 Å². The van der Waals surface area contributed by atoms with Crippen molar-refractivity contribution in [2.75, 3.05) is 0 Å². The van der Waals surface area contributed by atoms with Crippen molar-refractivity contribution in [3.8, 4) is 0 Å². The van der Waals surface area contributed by atoms with Gasteiger partial charge in [0.2, 0.25) is 5.91 Å². The smallest absolute Gasteiger partial charge is 0.226 e. The molecule has 1 amide bonds. The zero-order valence-electron chi connectivity index (χ0n) is 6.07. The van der Waals surface area contributed by atoms with Crippen molar-refractivity contribution in [1.29, 1.82) is 0 Å². The van der Waals surface area contributed by atoms with E-state index in [4.69, 9.17) is 0 Å². The highest BCUT2D eigenvalue weighted by molar-refractivity contribution is 7.98. The zero-order chi connectivity index (χ0) is 8.10. The van der Waals surface area contributed by atoms with Gasteiger partial charge in [0, 0.05) is 24.2 Å². The van der Waals surface area contributed by atoms with Gasteiger partial charge in [-0.3, -0.25) is 14.5 Å². The van der Waals surface area contributed by atoms with Gasteiger partial charge in [0.05, 0.1) is 0 Å². The number of carbonyl (C=O) groups excluding carboxylic acids is 1. The Morgan fingerprint density at radius 2 is 2.18 bits per heavy atom. The topological polar surface area (TPSA) is 42.0 Å². The zero-order valence-corrected chi connectivity index (χ0v) is 6.89. The summed E-state index contributed by atoms with van der Waals surface area (Å²) in [6.07, 6.45) is 3.37. The molecule has 1 aromatic heterocycles. The molecule has 0 aliphatic rings. The number of nitrogens with one attached hydrogen (secondary N) is 1. The Labute approximate surface area is 69.4 Å². The summed E-state index contributed by atoms with van der Waals surface area (Å²) in [4.78, 5) is 15.3. The number of rotatable bonds is 2. The third-order valence-corrected chi connectivity index (χ3v) is 1.86. The molecule has 1 heterocycles. The number of amides is 1. The Balaban J connectivity index is 2.45. The van der Waals surface area contributed by atoms with Crippen LogP contribution in [0.5, 0.6) is 0 Å². The second-order valence-corrected chi connectivity index (χ2v) is 2.82. The van der Waals surface area contributed by atoms with Gasteiger partial charge in [-0.25, -0.2) is 0 Å². The SMILES string of the molecule is CC(=O)NSc1ccncc1. The van der Waals surface area contributed by atoms with Crippen molar-refractivity contribution < 1.29 is 4.79 Å². The van der Waals surface area contributed by atoms with Crippen LogP contribution in [0.4, 0.5) is 0 Å². The van der Waals surface area contributed by atoms with Crippen molar-refractivity contribution in [3.63, 3.8) is 0 Å². The second kappa shape index (κ2) is 3.98. The maximum Gasteiger partial charge on any atom is 0.226 e. The summed E-state index contributed by atoms with van der Waals surface area (Å²) < 4.78 is 2.61. The van der Waals surface area contributed by atoms with Crippen LogP contribution in [0.15, 0.2) is 29.4 Å². The third-order valence-electron chi connectivity index (χ3n) is 0.962. The molecule has 0 aliphatic heterocycles. The van der Waals surface area contributed by atoms with E-state index in [0.717, 1.165) is 4.90 Å². The van der Waals surface area contributed by atoms with E-state index in [1.165, 1.54) is 18.9 Å². The molecule has 0 spiro atoms. The van der Waals surface area contributed by atoms with Gasteiger partial charge in [0.15, 0.2) is 0 Å². The fourth-order valence-corrected chi connectivity index (χ4v) is 1.06. The molecule has 1 aromatic rings. The van der Waals surface area contributed by atoms with Crippen LogP contribution >= 0.6 is 11.9 Å². The van der Waals surface area contributed by atoms with Crippen LogP contribution in [-0.4, -0.2) is 10.9 Å². The standard InChI is InChI=1S/C7H8N2OS/c1-6(10)9-11-7-2-4-8-5-3-7/h2-5H,1H3,(H,9,10). The van der Waals surface area contributed by atoms with Crippen LogP contribution in [0.1, 0.15) is 6.92 Å². The molecule has 1 N–H and O–H groups in total. The highest BCUT2D eigenvalue weighted by atomic mass is 32.2. The predicted octanol–water partition coefficient (Wildman–Crippen LogP) is 1.22. The number of carbonyl (C=O) groups is 1. The van der Waals surface area contributed by atoms with Gasteiger partial charge >= 0.3 is 0 Å². The van der Waals surface area contributed by atoms with Crippen molar-refractivity contribution in [2.45, 2.75) is 11.8 Å². The Morgan fingerprint density at radius 3 is 2.73 bits per heavy atom. The van der Waals surface area contributed by atoms with Crippen LogP contribution < -0.4 is 4.72 Å². The largest absolute Gasteiger partial charge is 0.296 e. The van der Waals surface area contributed by atoms with Gasteiger partial charge in [0.1, 0.15) is 0 Å². The van der Waals surface area contributed by atoms with Crippen molar-refractivity contribution in [3.05, 3.63) is 24.5 Å². The number of pyridine rings is 1. The molecule has 4 heteroatoms. The number of hydrogen-bond acceptors (Lipinski definition) is 3. The van der Waals surface area contributed by atoms with Gasteiger partial charge in [0.25, 0.3) is 0 Å². The Hall–Kier alpha value is -1.03. The summed E-state index contributed by atoms with van der Waals surface area (Å²) in [5.74, 6) is -0.0492. The maximum absolute atomic E-state index is 10.5. The van der Waals surface area contributed by atoms with E-state index in [1.54, 1.807) is 12.4 Å². The van der Waals surface area contributed by atoms with Gasteiger partial charge < -0.3 is 0 Å². The average Bonchev–Trinajstić information content (AvgIpc) is 2.03. The molecule has 58 valence electrons. The summed E-state index contributed by atoms with van der Waals surface area (Å²) in [5.41, 5.74) is 0. The van der Waals surface area contributed by atoms with Crippen LogP contribution in [0.2, 0.25) is 0 Å². The Kier molecular flexibility index (Phi) is 2.92. The van der Waals surface area contributed by atoms with E-state index in [1.807, 2.05) is 12.1 Å². The first-order valence-electron chi connectivity index (χ1n) is 3.12. The summed E-state index contributed by atoms with van der Waals surface area (Å²) >= 11 is 1.29. The molecular formula is C7H8N2OS. The second-order valence-electron chi connectivity index (χ2n) is 1.94. The first kappa shape index (κ1) is 8.07. The lowest BCUT2D eigenvalue weighted by molar-refractivity contribution is -0.117. The molecule has 0 fully saturated rings. The lowest BCUT2D eigenvalue weighted by atomic mass is 10.5. The number of nitrogens with zero attached hydrogens (tertiary/aromatic N) is 1. The molecular weight excluding hydrogens is 160 g/mol. The molecule has 0 saturated heterocycles. The van der Waals surface area contributed by atoms with Crippen molar-refractivity contribution >= 4 is 17.9 Å². The van der Waals surface area contributed by atoms with E-state index in [-0.39, 0.29) is 5.91 Å². The Bertz CT molecular complexity index is 237. The van der Waals surface area contributed by atoms with Gasteiger partial charge in [-0.1, -0.05) is 0 Å². The number of hydrogen-bond donors (Lipinski definition) is 1. The minimum Gasteiger partial charge on any atom is -0.296 e. The molecule has 11 heavy (non-hydrogen) atoms. The van der Waals surface area contributed by atoms with E-state index in [2.05, 4.69) is 9.71 Å². The first-order chi connectivity index (χ1) is 5.29. The monoisotopic (exact) mass is 168 g/mol. The van der Waals surface area contributed by atoms with E-state index in [0.29, 0.717) is 0 Å². The highest BCUT2D eigenvalue weighted by Gasteiger charge is 1.92. The predicted molar refractivity (Wildman–Crippen MR) is 43.9 cm³/mol. The Morgan fingerprint density at radius 1 is 1.55 bits per heavy atom. The fraction of sp³-hybridized carbons (Fsp3) is 0.143. The maximum atomic E-state index is 10.5. The molecule has 0 radical (unpaired) electrons. The quantitative estimate of drug-likeness (QED) is 0.675. The molecule has 0 aromatic carbocycles. The minimum atomic E-state index is -0.0492. The molecule has 0 aliphatic carbocycles. The average molecular weight is 168 g/mol. The van der Waals surface area contributed by atoms with E-state index in [9.17, 15) is 4.79 Å². The summed E-state index contributed by atoms with van der Waals surface area (Å²) in [6, 6.07) is 3.67. The van der Waals surface area contributed by atoms with Crippen LogP contribution in [0, 0.1) is 0 Å². The van der Waals surface area contributed by atoms with Crippen LogP contribution in [-0.2, 0) is 4.79 Å². The lowest BCUT2D eigenvalue weighted by Crippen LogP contribution is -2.09. The van der Waals surface area contributed by atoms with E-state index >= 15 is 0 Å². The highest BCUT2D eigenvalue weighted by Crippen LogP contribution is 2.11. The van der Waals surface area contributed by atoms with Crippen LogP contribution in [0.3, 0.4) is 0 Å². The minimum absolute atomic E-state index is 0.0492. The third kappa shape index (κ3) is 3.04. The molecule has 0 unspecified atom stereocenters. The lowest BCUT2D eigenvalue weighted by Gasteiger charge is -1.98. The molecule has 0 bridgehead atoms. The van der Waals surface area contributed by atoms with Gasteiger partial charge in [-0.15, -0.1) is 0 Å². The first-order valence-corrected chi connectivity index (χ1v) is 3.94. The van der Waals surface area contributed by atoms with Crippen LogP contribution in [0.25, 0.3) is 0 Å². The van der Waals surface area contributed by atoms with Gasteiger partial charge in [-0.2, -0.15) is 0 Å². The molecule has 0 atom stereocenters. The molecule has 3 nitrogen and oxygen atoms in total. The summed E-state index contributed by atoms with van der Waals surface area (Å²) in [6.45, 7) is 1.48.